The van der Waals surface area contributed by atoms with Crippen molar-refractivity contribution in [3.05, 3.63) is 65.2 Å². The topological polar surface area (TPSA) is 41.1 Å². The van der Waals surface area contributed by atoms with E-state index in [4.69, 9.17) is 12.2 Å². The molecule has 0 atom stereocenters. The minimum atomic E-state index is -0.206. The maximum Gasteiger partial charge on any atom is 0.257 e. The van der Waals surface area contributed by atoms with Gasteiger partial charge in [0.2, 0.25) is 0 Å². The molecule has 2 aromatic rings. The highest BCUT2D eigenvalue weighted by atomic mass is 32.1. The van der Waals surface area contributed by atoms with Gasteiger partial charge < -0.3 is 5.32 Å². The lowest BCUT2D eigenvalue weighted by molar-refractivity contribution is 0.0977. The van der Waals surface area contributed by atoms with Gasteiger partial charge in [0.25, 0.3) is 5.91 Å². The highest BCUT2D eigenvalue weighted by Gasteiger charge is 2.07. The highest BCUT2D eigenvalue weighted by Crippen LogP contribution is 2.12. The Bertz CT molecular complexity index is 663. The third kappa shape index (κ3) is 5.49. The second kappa shape index (κ2) is 8.44. The van der Waals surface area contributed by atoms with Crippen LogP contribution in [0.4, 0.5) is 5.69 Å². The number of nitrogens with one attached hydrogen (secondary N) is 2. The average molecular weight is 326 g/mol. The fourth-order valence-electron chi connectivity index (χ4n) is 2.18. The van der Waals surface area contributed by atoms with Crippen LogP contribution in [0.15, 0.2) is 48.5 Å². The molecule has 2 rings (SSSR count). The lowest BCUT2D eigenvalue weighted by atomic mass is 10.1. The van der Waals surface area contributed by atoms with Crippen LogP contribution >= 0.6 is 12.2 Å². The molecule has 2 N–H and O–H groups in total. The van der Waals surface area contributed by atoms with Gasteiger partial charge in [0, 0.05) is 11.3 Å². The van der Waals surface area contributed by atoms with Crippen molar-refractivity contribution < 1.29 is 4.79 Å². The zero-order valence-corrected chi connectivity index (χ0v) is 14.4. The minimum absolute atomic E-state index is 0.206. The van der Waals surface area contributed by atoms with Crippen molar-refractivity contribution >= 4 is 28.9 Å². The van der Waals surface area contributed by atoms with Crippen molar-refractivity contribution in [1.82, 2.24) is 5.32 Å². The van der Waals surface area contributed by atoms with Crippen LogP contribution in [0.5, 0.6) is 0 Å². The van der Waals surface area contributed by atoms with Crippen molar-refractivity contribution in [2.24, 2.45) is 0 Å². The number of benzene rings is 2. The standard InChI is InChI=1S/C19H22N2OS/c1-3-4-5-15-8-12-17(13-9-15)20-19(23)21-18(22)16-10-6-14(2)7-11-16/h6-13H,3-5H2,1-2H3,(H2,20,21,22,23). The van der Waals surface area contributed by atoms with Gasteiger partial charge in [0.15, 0.2) is 5.11 Å². The zero-order chi connectivity index (χ0) is 16.7. The Morgan fingerprint density at radius 3 is 2.30 bits per heavy atom. The first-order chi connectivity index (χ1) is 11.1. The third-order valence-corrected chi connectivity index (χ3v) is 3.78. The molecule has 0 spiro atoms. The first-order valence-electron chi connectivity index (χ1n) is 7.86. The van der Waals surface area contributed by atoms with E-state index in [0.717, 1.165) is 17.7 Å². The molecule has 1 amide bonds. The van der Waals surface area contributed by atoms with Gasteiger partial charge in [-0.1, -0.05) is 43.2 Å². The van der Waals surface area contributed by atoms with E-state index in [2.05, 4.69) is 29.7 Å². The summed E-state index contributed by atoms with van der Waals surface area (Å²) in [4.78, 5) is 12.1. The number of carbonyl (C=O) groups excluding carboxylic acids is 1. The molecule has 0 aliphatic heterocycles. The van der Waals surface area contributed by atoms with Gasteiger partial charge in [0.1, 0.15) is 0 Å². The number of amides is 1. The van der Waals surface area contributed by atoms with E-state index in [-0.39, 0.29) is 5.91 Å². The molecule has 0 saturated heterocycles. The Labute approximate surface area is 143 Å². The zero-order valence-electron chi connectivity index (χ0n) is 13.6. The number of thiocarbonyl (C=S) groups is 1. The predicted molar refractivity (Wildman–Crippen MR) is 99.9 cm³/mol. The summed E-state index contributed by atoms with van der Waals surface area (Å²) >= 11 is 5.20. The third-order valence-electron chi connectivity index (χ3n) is 3.57. The highest BCUT2D eigenvalue weighted by molar-refractivity contribution is 7.80. The van der Waals surface area contributed by atoms with Crippen LogP contribution < -0.4 is 10.6 Å². The number of hydrogen-bond donors (Lipinski definition) is 2. The van der Waals surface area contributed by atoms with E-state index >= 15 is 0 Å². The second-order valence-corrected chi connectivity index (χ2v) is 5.98. The number of carbonyl (C=O) groups is 1. The summed E-state index contributed by atoms with van der Waals surface area (Å²) < 4.78 is 0. The molecule has 0 aliphatic carbocycles. The van der Waals surface area contributed by atoms with Crippen LogP contribution in [-0.4, -0.2) is 11.0 Å². The Morgan fingerprint density at radius 2 is 1.70 bits per heavy atom. The predicted octanol–water partition coefficient (Wildman–Crippen LogP) is 4.46. The van der Waals surface area contributed by atoms with E-state index < -0.39 is 0 Å². The SMILES string of the molecule is CCCCc1ccc(NC(=S)NC(=O)c2ccc(C)cc2)cc1. The maximum absolute atomic E-state index is 12.1. The van der Waals surface area contributed by atoms with Crippen LogP contribution in [0.1, 0.15) is 41.3 Å². The first kappa shape index (κ1) is 17.2. The number of aryl methyl sites for hydroxylation is 2. The molecule has 0 aromatic heterocycles. The van der Waals surface area contributed by atoms with Crippen molar-refractivity contribution in [1.29, 1.82) is 0 Å². The van der Waals surface area contributed by atoms with Crippen LogP contribution in [-0.2, 0) is 6.42 Å². The molecule has 0 bridgehead atoms. The van der Waals surface area contributed by atoms with Gasteiger partial charge in [-0.3, -0.25) is 10.1 Å². The molecule has 2 aromatic carbocycles. The smallest absolute Gasteiger partial charge is 0.257 e. The second-order valence-electron chi connectivity index (χ2n) is 5.57. The van der Waals surface area contributed by atoms with Crippen molar-refractivity contribution in [2.45, 2.75) is 33.1 Å². The molecule has 3 nitrogen and oxygen atoms in total. The molecule has 120 valence electrons. The van der Waals surface area contributed by atoms with Gasteiger partial charge in [-0.15, -0.1) is 0 Å². The van der Waals surface area contributed by atoms with Crippen molar-refractivity contribution in [2.75, 3.05) is 5.32 Å². The van der Waals surface area contributed by atoms with Gasteiger partial charge in [-0.25, -0.2) is 0 Å². The number of unbranched alkanes of at least 4 members (excludes halogenated alkanes) is 1. The molecule has 0 heterocycles. The normalized spacial score (nSPS) is 10.2. The number of hydrogen-bond acceptors (Lipinski definition) is 2. The van der Waals surface area contributed by atoms with Gasteiger partial charge in [-0.05, 0) is 61.8 Å². The Kier molecular flexibility index (Phi) is 6.29. The molecule has 0 radical (unpaired) electrons. The molecular weight excluding hydrogens is 304 g/mol. The molecule has 23 heavy (non-hydrogen) atoms. The lowest BCUT2D eigenvalue weighted by Crippen LogP contribution is -2.34. The number of rotatable bonds is 5. The summed E-state index contributed by atoms with van der Waals surface area (Å²) in [6.45, 7) is 4.17. The fraction of sp³-hybridized carbons (Fsp3) is 0.263. The monoisotopic (exact) mass is 326 g/mol. The number of anilines is 1. The quantitative estimate of drug-likeness (QED) is 0.797. The summed E-state index contributed by atoms with van der Waals surface area (Å²) in [5.74, 6) is -0.206. The summed E-state index contributed by atoms with van der Waals surface area (Å²) in [6.07, 6.45) is 3.47. The largest absolute Gasteiger partial charge is 0.332 e. The first-order valence-corrected chi connectivity index (χ1v) is 8.27. The van der Waals surface area contributed by atoms with E-state index in [9.17, 15) is 4.79 Å². The molecule has 0 unspecified atom stereocenters. The Morgan fingerprint density at radius 1 is 1.04 bits per heavy atom. The van der Waals surface area contributed by atoms with Crippen molar-refractivity contribution in [3.8, 4) is 0 Å². The minimum Gasteiger partial charge on any atom is -0.332 e. The van der Waals surface area contributed by atoms with Gasteiger partial charge in [-0.2, -0.15) is 0 Å². The average Bonchev–Trinajstić information content (AvgIpc) is 2.54. The summed E-state index contributed by atoms with van der Waals surface area (Å²) in [6, 6.07) is 15.5. The van der Waals surface area contributed by atoms with E-state index in [1.807, 2.05) is 31.2 Å². The van der Waals surface area contributed by atoms with E-state index in [1.54, 1.807) is 12.1 Å². The Balaban J connectivity index is 1.88. The summed E-state index contributed by atoms with van der Waals surface area (Å²) in [5.41, 5.74) is 3.89. The molecular formula is C19H22N2OS. The summed E-state index contributed by atoms with van der Waals surface area (Å²) in [5, 5.41) is 6.03. The Hall–Kier alpha value is -2.20. The molecule has 0 saturated carbocycles. The van der Waals surface area contributed by atoms with Crippen LogP contribution in [0.25, 0.3) is 0 Å². The van der Waals surface area contributed by atoms with Gasteiger partial charge in [0.05, 0.1) is 0 Å². The summed E-state index contributed by atoms with van der Waals surface area (Å²) in [7, 11) is 0. The van der Waals surface area contributed by atoms with Gasteiger partial charge >= 0.3 is 0 Å². The van der Waals surface area contributed by atoms with Crippen molar-refractivity contribution in [3.63, 3.8) is 0 Å². The molecule has 0 fully saturated rings. The maximum atomic E-state index is 12.1. The van der Waals surface area contributed by atoms with Crippen LogP contribution in [0.2, 0.25) is 0 Å². The fourth-order valence-corrected chi connectivity index (χ4v) is 2.39. The van der Waals surface area contributed by atoms with E-state index in [0.29, 0.717) is 10.7 Å². The van der Waals surface area contributed by atoms with Crippen LogP contribution in [0, 0.1) is 6.92 Å². The van der Waals surface area contributed by atoms with E-state index in [1.165, 1.54) is 18.4 Å². The lowest BCUT2D eigenvalue weighted by Gasteiger charge is -2.10. The molecule has 0 aliphatic rings. The van der Waals surface area contributed by atoms with Crippen LogP contribution in [0.3, 0.4) is 0 Å². The molecule has 4 heteroatoms.